The second-order valence-corrected chi connectivity index (χ2v) is 9.52. The van der Waals surface area contributed by atoms with Gasteiger partial charge >= 0.3 is 0 Å². The highest BCUT2D eigenvalue weighted by atomic mass is 32.2. The Morgan fingerprint density at radius 3 is 2.28 bits per heavy atom. The molecule has 0 radical (unpaired) electrons. The van der Waals surface area contributed by atoms with Crippen LogP contribution in [0.15, 0.2) is 77.8 Å². The minimum atomic E-state index is -3.43. The molecule has 1 aliphatic rings. The second-order valence-electron chi connectivity index (χ2n) is 7.53. The molecule has 1 aromatic heterocycles. The highest BCUT2D eigenvalue weighted by molar-refractivity contribution is 7.90. The number of aromatic nitrogens is 1. The third-order valence-electron chi connectivity index (χ3n) is 5.43. The molecule has 2 heterocycles. The van der Waals surface area contributed by atoms with E-state index in [-0.39, 0.29) is 16.6 Å². The van der Waals surface area contributed by atoms with Crippen LogP contribution in [0.1, 0.15) is 21.5 Å². The van der Waals surface area contributed by atoms with Crippen molar-refractivity contribution in [3.05, 3.63) is 89.6 Å². The van der Waals surface area contributed by atoms with Crippen molar-refractivity contribution in [2.45, 2.75) is 10.6 Å². The Morgan fingerprint density at radius 2 is 1.62 bits per heavy atom. The van der Waals surface area contributed by atoms with Crippen LogP contribution in [-0.2, 0) is 15.6 Å². The van der Waals surface area contributed by atoms with Crippen molar-refractivity contribution in [1.82, 2.24) is 9.88 Å². The highest BCUT2D eigenvalue weighted by Crippen LogP contribution is 2.20. The van der Waals surface area contributed by atoms with Gasteiger partial charge in [0.05, 0.1) is 16.2 Å². The summed E-state index contributed by atoms with van der Waals surface area (Å²) in [5.41, 5.74) is 1.68. The van der Waals surface area contributed by atoms with Crippen molar-refractivity contribution in [3.8, 4) is 6.07 Å². The van der Waals surface area contributed by atoms with E-state index in [9.17, 15) is 18.5 Å². The maximum Gasteiger partial charge on any atom is 0.253 e. The summed E-state index contributed by atoms with van der Waals surface area (Å²) in [6.07, 6.45) is 1.66. The van der Waals surface area contributed by atoms with E-state index in [0.29, 0.717) is 48.7 Å². The first-order chi connectivity index (χ1) is 15.5. The minimum absolute atomic E-state index is 0.0938. The Kier molecular flexibility index (Phi) is 6.19. The molecule has 8 heteroatoms. The Bertz CT molecular complexity index is 1240. The molecule has 4 rings (SSSR count). The SMILES string of the molecule is N#Cc1cccnc1N1CCN(C(=O)c2ccc(CS(=O)(=O)c3ccccc3)cc2)CC1. The molecule has 1 aliphatic heterocycles. The second kappa shape index (κ2) is 9.20. The van der Waals surface area contributed by atoms with Crippen LogP contribution in [0.3, 0.4) is 0 Å². The Morgan fingerprint density at radius 1 is 0.938 bits per heavy atom. The van der Waals surface area contributed by atoms with E-state index in [1.165, 1.54) is 0 Å². The Hall–Kier alpha value is -3.70. The van der Waals surface area contributed by atoms with Gasteiger partial charge in [0.2, 0.25) is 0 Å². The van der Waals surface area contributed by atoms with E-state index in [2.05, 4.69) is 11.1 Å². The van der Waals surface area contributed by atoms with E-state index in [1.54, 1.807) is 77.8 Å². The number of piperazine rings is 1. The summed E-state index contributed by atoms with van der Waals surface area (Å²) >= 11 is 0. The summed E-state index contributed by atoms with van der Waals surface area (Å²) in [5, 5.41) is 9.28. The Labute approximate surface area is 187 Å². The normalized spacial score (nSPS) is 14.1. The van der Waals surface area contributed by atoms with Crippen LogP contribution in [-0.4, -0.2) is 50.4 Å². The number of anilines is 1. The average molecular weight is 447 g/mol. The highest BCUT2D eigenvalue weighted by Gasteiger charge is 2.24. The number of hydrogen-bond donors (Lipinski definition) is 0. The molecule has 0 N–H and O–H groups in total. The number of carbonyl (C=O) groups excluding carboxylic acids is 1. The number of rotatable bonds is 5. The van der Waals surface area contributed by atoms with E-state index in [0.717, 1.165) is 0 Å². The van der Waals surface area contributed by atoms with E-state index < -0.39 is 9.84 Å². The molecular weight excluding hydrogens is 424 g/mol. The van der Waals surface area contributed by atoms with Gasteiger partial charge in [0.15, 0.2) is 9.84 Å². The van der Waals surface area contributed by atoms with Crippen LogP contribution >= 0.6 is 0 Å². The molecule has 0 bridgehead atoms. The zero-order chi connectivity index (χ0) is 22.6. The van der Waals surface area contributed by atoms with Crippen LogP contribution in [0.2, 0.25) is 0 Å². The molecule has 7 nitrogen and oxygen atoms in total. The lowest BCUT2D eigenvalue weighted by Gasteiger charge is -2.35. The molecule has 1 fully saturated rings. The summed E-state index contributed by atoms with van der Waals surface area (Å²) in [4.78, 5) is 21.3. The van der Waals surface area contributed by atoms with E-state index in [1.807, 2.05) is 4.90 Å². The number of benzene rings is 2. The molecule has 162 valence electrons. The lowest BCUT2D eigenvalue weighted by Crippen LogP contribution is -2.49. The van der Waals surface area contributed by atoms with Gasteiger partial charge in [-0.15, -0.1) is 0 Å². The van der Waals surface area contributed by atoms with Gasteiger partial charge in [0.1, 0.15) is 11.9 Å². The Balaban J connectivity index is 1.39. The number of nitriles is 1. The fraction of sp³-hybridized carbons (Fsp3) is 0.208. The fourth-order valence-electron chi connectivity index (χ4n) is 3.71. The van der Waals surface area contributed by atoms with Crippen molar-refractivity contribution in [3.63, 3.8) is 0 Å². The van der Waals surface area contributed by atoms with Crippen molar-refractivity contribution in [2.24, 2.45) is 0 Å². The number of amides is 1. The molecule has 0 spiro atoms. The standard InChI is InChI=1S/C24H22N4O3S/c25-17-21-5-4-12-26-23(21)27-13-15-28(16-14-27)24(29)20-10-8-19(9-11-20)18-32(30,31)22-6-2-1-3-7-22/h1-12H,13-16,18H2. The first-order valence-corrected chi connectivity index (χ1v) is 11.9. The maximum atomic E-state index is 12.9. The minimum Gasteiger partial charge on any atom is -0.352 e. The molecule has 0 saturated carbocycles. The summed E-state index contributed by atoms with van der Waals surface area (Å²) in [7, 11) is -3.43. The molecule has 1 amide bonds. The van der Waals surface area contributed by atoms with Crippen molar-refractivity contribution < 1.29 is 13.2 Å². The lowest BCUT2D eigenvalue weighted by molar-refractivity contribution is 0.0746. The number of pyridine rings is 1. The third kappa shape index (κ3) is 4.63. The first-order valence-electron chi connectivity index (χ1n) is 10.2. The largest absolute Gasteiger partial charge is 0.352 e. The predicted molar refractivity (Wildman–Crippen MR) is 121 cm³/mol. The first kappa shape index (κ1) is 21.5. The van der Waals surface area contributed by atoms with E-state index >= 15 is 0 Å². The van der Waals surface area contributed by atoms with Gasteiger partial charge in [-0.25, -0.2) is 13.4 Å². The summed E-state index contributed by atoms with van der Waals surface area (Å²) in [6, 6.07) is 20.7. The van der Waals surface area contributed by atoms with Gasteiger partial charge in [-0.1, -0.05) is 30.3 Å². The van der Waals surface area contributed by atoms with Crippen molar-refractivity contribution >= 4 is 21.6 Å². The van der Waals surface area contributed by atoms with Crippen LogP contribution < -0.4 is 4.90 Å². The molecule has 0 atom stereocenters. The number of sulfone groups is 1. The fourth-order valence-corrected chi connectivity index (χ4v) is 5.08. The van der Waals surface area contributed by atoms with Crippen LogP contribution in [0, 0.1) is 11.3 Å². The summed E-state index contributed by atoms with van der Waals surface area (Å²) < 4.78 is 25.1. The average Bonchev–Trinajstić information content (AvgIpc) is 2.84. The van der Waals surface area contributed by atoms with Crippen LogP contribution in [0.4, 0.5) is 5.82 Å². The van der Waals surface area contributed by atoms with Gasteiger partial charge in [0, 0.05) is 37.9 Å². The van der Waals surface area contributed by atoms with Crippen LogP contribution in [0.5, 0.6) is 0 Å². The summed E-state index contributed by atoms with van der Waals surface area (Å²) in [5.74, 6) is 0.435. The molecular formula is C24H22N4O3S. The number of hydrogen-bond acceptors (Lipinski definition) is 6. The van der Waals surface area contributed by atoms with Crippen molar-refractivity contribution in [1.29, 1.82) is 5.26 Å². The van der Waals surface area contributed by atoms with Gasteiger partial charge in [-0.05, 0) is 42.0 Å². The molecule has 32 heavy (non-hydrogen) atoms. The molecule has 0 aliphatic carbocycles. The monoisotopic (exact) mass is 446 g/mol. The number of nitrogens with zero attached hydrogens (tertiary/aromatic N) is 4. The predicted octanol–water partition coefficient (Wildman–Crippen LogP) is 2.89. The van der Waals surface area contributed by atoms with Gasteiger partial charge < -0.3 is 9.80 Å². The molecule has 1 saturated heterocycles. The third-order valence-corrected chi connectivity index (χ3v) is 7.14. The molecule has 0 unspecified atom stereocenters. The zero-order valence-electron chi connectivity index (χ0n) is 17.4. The molecule has 3 aromatic rings. The quantitative estimate of drug-likeness (QED) is 0.598. The summed E-state index contributed by atoms with van der Waals surface area (Å²) in [6.45, 7) is 2.21. The van der Waals surface area contributed by atoms with Crippen LogP contribution in [0.25, 0.3) is 0 Å². The van der Waals surface area contributed by atoms with Gasteiger partial charge in [0.25, 0.3) is 5.91 Å². The number of carbonyl (C=O) groups is 1. The maximum absolute atomic E-state index is 12.9. The topological polar surface area (TPSA) is 94.4 Å². The van der Waals surface area contributed by atoms with E-state index in [4.69, 9.17) is 0 Å². The lowest BCUT2D eigenvalue weighted by atomic mass is 10.1. The smallest absolute Gasteiger partial charge is 0.253 e. The van der Waals surface area contributed by atoms with Gasteiger partial charge in [-0.2, -0.15) is 5.26 Å². The van der Waals surface area contributed by atoms with Crippen molar-refractivity contribution in [2.75, 3.05) is 31.1 Å². The van der Waals surface area contributed by atoms with Gasteiger partial charge in [-0.3, -0.25) is 4.79 Å². The molecule has 2 aromatic carbocycles. The zero-order valence-corrected chi connectivity index (χ0v) is 18.2.